The van der Waals surface area contributed by atoms with E-state index in [-0.39, 0.29) is 63.4 Å². The van der Waals surface area contributed by atoms with Crippen molar-refractivity contribution in [2.75, 3.05) is 24.8 Å². The molecule has 0 unspecified atom stereocenters. The molecule has 8 rings (SSSR count). The van der Waals surface area contributed by atoms with Crippen molar-refractivity contribution in [3.8, 4) is 22.6 Å². The third-order valence-corrected chi connectivity index (χ3v) is 14.5. The van der Waals surface area contributed by atoms with Crippen LogP contribution < -0.4 is 15.5 Å². The van der Waals surface area contributed by atoms with E-state index in [2.05, 4.69) is 72.7 Å². The van der Waals surface area contributed by atoms with Crippen LogP contribution in [-0.4, -0.2) is 92.1 Å². The second kappa shape index (κ2) is 18.3. The Morgan fingerprint density at radius 3 is 2.65 bits per heavy atom. The number of rotatable bonds is 9. The fourth-order valence-electron chi connectivity index (χ4n) is 8.83. The molecule has 2 saturated heterocycles. The Bertz CT molecular complexity index is 2530. The Morgan fingerprint density at radius 1 is 1.08 bits per heavy atom. The van der Waals surface area contributed by atoms with Gasteiger partial charge in [0.15, 0.2) is 29.0 Å². The lowest BCUT2D eigenvalue weighted by atomic mass is 9.73. The number of phenolic OH excluding ortho intramolecular Hbond substituents is 1. The number of aromatic nitrogens is 1. The molecule has 0 spiro atoms. The molecular weight excluding hydrogens is 833 g/mol. The molecule has 2 fully saturated rings. The molecule has 2 aliphatic heterocycles. The average Bonchev–Trinajstić information content (AvgIpc) is 3.81. The van der Waals surface area contributed by atoms with E-state index < -0.39 is 42.2 Å². The molecule has 3 aliphatic rings. The number of fused-ring (bicyclic) bond motifs is 3. The van der Waals surface area contributed by atoms with E-state index in [0.29, 0.717) is 23.8 Å². The van der Waals surface area contributed by atoms with E-state index in [4.69, 9.17) is 18.6 Å². The highest BCUT2D eigenvalue weighted by Gasteiger charge is 2.69. The highest BCUT2D eigenvalue weighted by Crippen LogP contribution is 2.45. The van der Waals surface area contributed by atoms with Gasteiger partial charge in [0.2, 0.25) is 6.29 Å². The predicted octanol–water partition coefficient (Wildman–Crippen LogP) is 6.85. The van der Waals surface area contributed by atoms with Crippen molar-refractivity contribution in [1.29, 1.82) is 0 Å². The number of ether oxygens (including phenoxy) is 3. The Morgan fingerprint density at radius 2 is 1.89 bits per heavy atom. The summed E-state index contributed by atoms with van der Waals surface area (Å²) in [5.74, 6) is -0.668. The van der Waals surface area contributed by atoms with Gasteiger partial charge in [-0.05, 0) is 94.8 Å². The van der Waals surface area contributed by atoms with E-state index in [1.807, 2.05) is 12.4 Å². The van der Waals surface area contributed by atoms with Crippen LogP contribution in [0.2, 0.25) is 0 Å². The number of phenols is 1. The first-order chi connectivity index (χ1) is 29.9. The first-order valence-corrected chi connectivity index (χ1v) is 22.9. The van der Waals surface area contributed by atoms with E-state index in [1.165, 1.54) is 69.3 Å². The van der Waals surface area contributed by atoms with Gasteiger partial charge in [-0.15, -0.1) is 0 Å². The average molecular weight is 881 g/mol. The predicted molar refractivity (Wildman–Crippen MR) is 238 cm³/mol. The van der Waals surface area contributed by atoms with Crippen molar-refractivity contribution < 1.29 is 48.6 Å². The fraction of sp³-hybridized carbons (Fsp3) is 0.340. The number of aldehydes is 1. The largest absolute Gasteiger partial charge is 0.508 e. The number of aliphatic carboxylic acids is 1. The Kier molecular flexibility index (Phi) is 12.8. The normalized spacial score (nSPS) is 29.1. The van der Waals surface area contributed by atoms with Gasteiger partial charge in [0, 0.05) is 30.8 Å². The van der Waals surface area contributed by atoms with Gasteiger partial charge in [-0.1, -0.05) is 90.1 Å². The number of carbonyl (C=O) groups excluding carboxylic acids is 1. The van der Waals surface area contributed by atoms with E-state index >= 15 is 0 Å². The topological polar surface area (TPSA) is 201 Å². The second-order valence-electron chi connectivity index (χ2n) is 16.1. The smallest absolute Gasteiger partial charge is 0.335 e. The monoisotopic (exact) mass is 880 g/mol. The number of aliphatic hydroxyl groups excluding tert-OH is 1. The van der Waals surface area contributed by atoms with Gasteiger partial charge in [0.1, 0.15) is 35.4 Å². The lowest BCUT2D eigenvalue weighted by molar-refractivity contribution is -0.340. The van der Waals surface area contributed by atoms with Crippen LogP contribution in [0.25, 0.3) is 27.7 Å². The van der Waals surface area contributed by atoms with Crippen LogP contribution in [0.1, 0.15) is 48.8 Å². The van der Waals surface area contributed by atoms with Crippen LogP contribution in [0.15, 0.2) is 119 Å². The number of carbonyl (C=O) groups is 2. The summed E-state index contributed by atoms with van der Waals surface area (Å²) < 4.78 is 24.1. The van der Waals surface area contributed by atoms with Gasteiger partial charge >= 0.3 is 5.97 Å². The summed E-state index contributed by atoms with van der Waals surface area (Å²) in [7, 11) is 2.79. The van der Waals surface area contributed by atoms with Crippen LogP contribution in [-0.2, 0) is 19.1 Å². The summed E-state index contributed by atoms with van der Waals surface area (Å²) in [4.78, 5) is 42.7. The molecule has 3 aromatic carbocycles. The minimum Gasteiger partial charge on any atom is -0.508 e. The number of allylic oxidation sites excluding steroid dienone is 4. The Labute approximate surface area is 365 Å². The van der Waals surface area contributed by atoms with Crippen LogP contribution in [0.5, 0.6) is 11.5 Å². The van der Waals surface area contributed by atoms with E-state index in [0.717, 1.165) is 17.6 Å². The molecule has 324 valence electrons. The number of β-amino-alcohol motifs (C(OH)–C–C–N with tert-alkyl or cyclic N) is 1. The van der Waals surface area contributed by atoms with Gasteiger partial charge in [-0.25, -0.2) is 4.79 Å². The molecule has 62 heavy (non-hydrogen) atoms. The molecule has 0 amide bonds. The molecule has 4 heterocycles. The van der Waals surface area contributed by atoms with Crippen molar-refractivity contribution in [2.45, 2.75) is 61.8 Å². The third kappa shape index (κ3) is 8.26. The second-order valence-corrected chi connectivity index (χ2v) is 18.6. The molecule has 9 atom stereocenters. The maximum absolute atomic E-state index is 13.5. The maximum Gasteiger partial charge on any atom is 0.335 e. The van der Waals surface area contributed by atoms with Crippen molar-refractivity contribution in [2.24, 2.45) is 11.8 Å². The minimum atomic E-state index is -2.54. The number of hydrogen-bond acceptors (Lipinski definition) is 13. The first kappa shape index (κ1) is 43.5. The van der Waals surface area contributed by atoms with Gasteiger partial charge in [0.05, 0.1) is 10.9 Å². The molecule has 1 aliphatic carbocycles. The Balaban J connectivity index is 1.12. The van der Waals surface area contributed by atoms with Crippen molar-refractivity contribution in [3.63, 3.8) is 0 Å². The molecule has 0 radical (unpaired) electrons. The number of carboxylic acid groups (broad SMARTS) is 1. The lowest BCUT2D eigenvalue weighted by Crippen LogP contribution is -2.80. The lowest BCUT2D eigenvalue weighted by Gasteiger charge is -2.53. The molecular formula is C47H48N2O11S2. The number of hydrogen-bond donors (Lipinski definition) is 6. The van der Waals surface area contributed by atoms with Gasteiger partial charge < -0.3 is 49.4 Å². The van der Waals surface area contributed by atoms with Gasteiger partial charge in [-0.2, -0.15) is 0 Å². The number of nitrogens with one attached hydrogen (secondary N) is 2. The third-order valence-electron chi connectivity index (χ3n) is 12.4. The highest BCUT2D eigenvalue weighted by molar-refractivity contribution is 8.76. The van der Waals surface area contributed by atoms with Crippen molar-refractivity contribution in [3.05, 3.63) is 137 Å². The van der Waals surface area contributed by atoms with Crippen LogP contribution in [0.3, 0.4) is 0 Å². The zero-order valence-corrected chi connectivity index (χ0v) is 35.6. The zero-order chi connectivity index (χ0) is 43.6. The Hall–Kier alpha value is -5.13. The summed E-state index contributed by atoms with van der Waals surface area (Å²) in [5, 5.41) is 48.0. The minimum absolute atomic E-state index is 0.00706. The van der Waals surface area contributed by atoms with Crippen LogP contribution in [0, 0.1) is 11.8 Å². The molecule has 6 N–H and O–H groups in total. The SMILES string of the molecule is C[C@H](C/C=C1\C=C[C@H](C)c2ccccc21)[C@@H]1CNC[C@]2(O)[C@H](Oc3ccc4c(=O)c(-c5ccc(O)cc5)coc4c3)O[C@H](C(=O)O)[C@@H](O)[C@]2(C=O)OCSSC[C@@H]1c1cc[nH]c1. The first-order valence-electron chi connectivity index (χ1n) is 20.4. The molecule has 13 nitrogen and oxygen atoms in total. The van der Waals surface area contributed by atoms with Crippen LogP contribution >= 0.6 is 21.6 Å². The van der Waals surface area contributed by atoms with E-state index in [1.54, 1.807) is 12.1 Å². The van der Waals surface area contributed by atoms with Crippen molar-refractivity contribution in [1.82, 2.24) is 10.3 Å². The number of carboxylic acids is 1. The molecule has 15 heteroatoms. The number of benzene rings is 3. The summed E-state index contributed by atoms with van der Waals surface area (Å²) in [5.41, 5.74) is 0.241. The van der Waals surface area contributed by atoms with Gasteiger partial charge in [0.25, 0.3) is 0 Å². The summed E-state index contributed by atoms with van der Waals surface area (Å²) in [6.07, 6.45) is 6.73. The summed E-state index contributed by atoms with van der Waals surface area (Å²) in [6, 6.07) is 20.9. The molecule has 5 aromatic rings. The highest BCUT2D eigenvalue weighted by atomic mass is 33.1. The zero-order valence-electron chi connectivity index (χ0n) is 34.0. The van der Waals surface area contributed by atoms with Gasteiger partial charge in [-0.3, -0.25) is 9.59 Å². The van der Waals surface area contributed by atoms with E-state index in [9.17, 15) is 34.8 Å². The van der Waals surface area contributed by atoms with Crippen molar-refractivity contribution >= 4 is 50.4 Å². The summed E-state index contributed by atoms with van der Waals surface area (Å²) >= 11 is 0. The number of aliphatic hydroxyl groups is 2. The molecule has 0 bridgehead atoms. The summed E-state index contributed by atoms with van der Waals surface area (Å²) in [6.45, 7) is 4.30. The number of aromatic hydroxyl groups is 1. The maximum atomic E-state index is 13.5. The molecule has 2 aromatic heterocycles. The number of aromatic amines is 1. The molecule has 0 saturated carbocycles. The van der Waals surface area contributed by atoms with Crippen LogP contribution in [0.4, 0.5) is 0 Å². The fourth-order valence-corrected chi connectivity index (χ4v) is 10.9. The quantitative estimate of drug-likeness (QED) is 0.0663. The number of H-pyrrole nitrogens is 1. The standard InChI is InChI=1S/C47H48N2O11S2/c1-27-7-9-29(35-6-4-3-5-34(27)35)10-8-28(2)37-21-49-24-46(56)45(59-33-15-16-36-40(19-33)57-22-38(41(36)52)30-11-13-32(51)14-12-30)60-42(44(54)55)43(53)47(46,25-50)58-26-62-61-23-39(37)31-17-18-48-20-31/h3-7,9-20,22,25,27-28,37,39,42-43,45,48-49,51,53,56H,8,21,23-24,26H2,1-2H3,(H,54,55)/b29-10+/t27-,28+,37-,39+,42-,43+,45+,46-,47-/m0/s1.